The molecular formula is C15H22N6O5S. The minimum atomic E-state index is -1.28. The van der Waals surface area contributed by atoms with E-state index in [2.05, 4.69) is 15.0 Å². The number of rotatable bonds is 7. The first-order chi connectivity index (χ1) is 12.8. The molecule has 1 saturated heterocycles. The third kappa shape index (κ3) is 3.99. The van der Waals surface area contributed by atoms with Crippen LogP contribution in [0.1, 0.15) is 12.6 Å². The highest BCUT2D eigenvalue weighted by molar-refractivity contribution is 7.96. The van der Waals surface area contributed by atoms with E-state index in [-0.39, 0.29) is 23.1 Å². The number of nitrogens with two attached hydrogens (primary N) is 2. The molecule has 6 atom stereocenters. The third-order valence-corrected chi connectivity index (χ3v) is 6.36. The summed E-state index contributed by atoms with van der Waals surface area (Å²) in [6.07, 6.45) is 1.17. The maximum Gasteiger partial charge on any atom is 0.167 e. The molecule has 0 saturated carbocycles. The first-order valence-corrected chi connectivity index (χ1v) is 10.3. The van der Waals surface area contributed by atoms with Gasteiger partial charge in [0.15, 0.2) is 17.7 Å². The van der Waals surface area contributed by atoms with Gasteiger partial charge in [-0.15, -0.1) is 0 Å². The van der Waals surface area contributed by atoms with Gasteiger partial charge < -0.3 is 36.3 Å². The lowest BCUT2D eigenvalue weighted by molar-refractivity contribution is -0.307. The highest BCUT2D eigenvalue weighted by atomic mass is 32.2. The topological polar surface area (TPSA) is 185 Å². The number of carboxylic acids is 1. The summed E-state index contributed by atoms with van der Waals surface area (Å²) < 4.78 is 7.39. The van der Waals surface area contributed by atoms with E-state index in [1.165, 1.54) is 17.2 Å². The molecular weight excluding hydrogens is 376 g/mol. The first kappa shape index (κ1) is 19.8. The monoisotopic (exact) mass is 398 g/mol. The fraction of sp³-hybridized carbons (Fsp3) is 0.600. The molecule has 1 fully saturated rings. The van der Waals surface area contributed by atoms with Crippen molar-refractivity contribution in [3.63, 3.8) is 0 Å². The van der Waals surface area contributed by atoms with Crippen LogP contribution in [0, 0.1) is 0 Å². The number of carboxylic acid groups (broad SMARTS) is 1. The summed E-state index contributed by atoms with van der Waals surface area (Å²) >= 11 is 0. The second-order valence-electron chi connectivity index (χ2n) is 6.50. The Morgan fingerprint density at radius 2 is 2.15 bits per heavy atom. The number of ether oxygens (including phenoxy) is 1. The third-order valence-electron chi connectivity index (χ3n) is 4.53. The number of aliphatic hydroxyl groups is 2. The van der Waals surface area contributed by atoms with Crippen LogP contribution in [0.5, 0.6) is 0 Å². The van der Waals surface area contributed by atoms with Crippen LogP contribution < -0.4 is 16.6 Å². The number of carbonyl (C=O) groups is 1. The molecule has 0 amide bonds. The van der Waals surface area contributed by atoms with Gasteiger partial charge in [0.05, 0.1) is 18.6 Å². The van der Waals surface area contributed by atoms with Gasteiger partial charge >= 0.3 is 0 Å². The molecule has 0 radical (unpaired) electrons. The number of aromatic nitrogens is 4. The smallest absolute Gasteiger partial charge is 0.167 e. The van der Waals surface area contributed by atoms with Crippen molar-refractivity contribution in [1.82, 2.24) is 19.5 Å². The number of fused-ring (bicyclic) bond motifs is 1. The highest BCUT2D eigenvalue weighted by Gasteiger charge is 2.46. The molecule has 1 aliphatic heterocycles. The van der Waals surface area contributed by atoms with Crippen LogP contribution >= 0.6 is 0 Å². The van der Waals surface area contributed by atoms with E-state index in [4.69, 9.17) is 16.2 Å². The number of carbonyl (C=O) groups excluding carboxylic acids is 1. The Hall–Kier alpha value is -1.99. The number of nitrogens with zero attached hydrogens (tertiary/aromatic N) is 4. The molecule has 12 heteroatoms. The standard InChI is InChI=1S/C15H22N6O5S/c1-27(3-2-7(16)15(24)25)4-8-10(22)11(23)14(26-8)21-6-20-9-12(17)18-5-19-13(9)21/h5-8,10-11,14,22-23H,2-4,16H2,1H3,(H2-,17,18,19,24,25)/t7?,8?,10-,11?,14?,27?/m1/s1. The molecule has 2 aromatic heterocycles. The van der Waals surface area contributed by atoms with Gasteiger partial charge in [-0.3, -0.25) is 4.57 Å². The zero-order valence-electron chi connectivity index (χ0n) is 14.6. The van der Waals surface area contributed by atoms with Crippen LogP contribution in [0.3, 0.4) is 0 Å². The molecule has 3 heterocycles. The van der Waals surface area contributed by atoms with E-state index < -0.39 is 36.6 Å². The molecule has 1 aliphatic rings. The van der Waals surface area contributed by atoms with E-state index >= 15 is 0 Å². The first-order valence-electron chi connectivity index (χ1n) is 8.29. The Bertz CT molecular complexity index is 819. The molecule has 27 heavy (non-hydrogen) atoms. The van der Waals surface area contributed by atoms with Crippen molar-refractivity contribution in [2.24, 2.45) is 5.73 Å². The lowest BCUT2D eigenvalue weighted by Crippen LogP contribution is -2.43. The Kier molecular flexibility index (Phi) is 5.81. The van der Waals surface area contributed by atoms with Gasteiger partial charge in [0.1, 0.15) is 41.7 Å². The van der Waals surface area contributed by atoms with E-state index in [0.717, 1.165) is 0 Å². The minimum absolute atomic E-state index is 0.211. The number of anilines is 1. The SMILES string of the molecule is C[S+](CCC(N)C(=O)[O-])CC1OC(n2cnc3c(N)ncnc32)C(O)[C@@H]1O. The molecule has 11 nitrogen and oxygen atoms in total. The maximum absolute atomic E-state index is 10.7. The lowest BCUT2D eigenvalue weighted by Gasteiger charge is -2.16. The van der Waals surface area contributed by atoms with Gasteiger partial charge in [-0.05, 0) is 10.9 Å². The molecule has 0 aliphatic carbocycles. The summed E-state index contributed by atoms with van der Waals surface area (Å²) in [5.41, 5.74) is 12.0. The predicted molar refractivity (Wildman–Crippen MR) is 96.3 cm³/mol. The van der Waals surface area contributed by atoms with E-state index in [1.807, 2.05) is 6.26 Å². The average molecular weight is 398 g/mol. The number of aliphatic hydroxyl groups excluding tert-OH is 2. The van der Waals surface area contributed by atoms with Crippen LogP contribution in [0.15, 0.2) is 12.7 Å². The number of imidazole rings is 1. The summed E-state index contributed by atoms with van der Waals surface area (Å²) in [5.74, 6) is -0.0611. The predicted octanol–water partition coefficient (Wildman–Crippen LogP) is -3.26. The van der Waals surface area contributed by atoms with Crippen molar-refractivity contribution in [1.29, 1.82) is 0 Å². The maximum atomic E-state index is 10.7. The van der Waals surface area contributed by atoms with Crippen LogP contribution in [-0.2, 0) is 20.4 Å². The number of hydrogen-bond donors (Lipinski definition) is 4. The number of nitrogen functional groups attached to an aromatic ring is 1. The summed E-state index contributed by atoms with van der Waals surface area (Å²) in [6.45, 7) is 0. The van der Waals surface area contributed by atoms with Gasteiger partial charge in [-0.1, -0.05) is 0 Å². The molecule has 6 N–H and O–H groups in total. The quantitative estimate of drug-likeness (QED) is 0.345. The summed E-state index contributed by atoms with van der Waals surface area (Å²) in [6, 6.07) is -1.02. The van der Waals surface area contributed by atoms with Crippen LogP contribution in [0.25, 0.3) is 11.2 Å². The molecule has 5 unspecified atom stereocenters. The molecule has 0 aromatic carbocycles. The Morgan fingerprint density at radius 1 is 1.41 bits per heavy atom. The highest BCUT2D eigenvalue weighted by Crippen LogP contribution is 2.32. The number of hydrogen-bond acceptors (Lipinski definition) is 10. The molecule has 148 valence electrons. The molecule has 2 aromatic rings. The van der Waals surface area contributed by atoms with E-state index in [0.29, 0.717) is 22.7 Å². The van der Waals surface area contributed by atoms with Crippen LogP contribution in [-0.4, -0.2) is 77.8 Å². The van der Waals surface area contributed by atoms with Gasteiger partial charge in [-0.2, -0.15) is 0 Å². The lowest BCUT2D eigenvalue weighted by atomic mass is 10.1. The largest absolute Gasteiger partial charge is 0.548 e. The normalized spacial score (nSPS) is 27.7. The summed E-state index contributed by atoms with van der Waals surface area (Å²) in [7, 11) is -0.263. The zero-order valence-corrected chi connectivity index (χ0v) is 15.5. The van der Waals surface area contributed by atoms with Crippen molar-refractivity contribution in [2.45, 2.75) is 37.0 Å². The van der Waals surface area contributed by atoms with E-state index in [9.17, 15) is 20.1 Å². The van der Waals surface area contributed by atoms with Crippen molar-refractivity contribution in [2.75, 3.05) is 23.5 Å². The average Bonchev–Trinajstić information content (AvgIpc) is 3.17. The van der Waals surface area contributed by atoms with Gasteiger partial charge in [-0.25, -0.2) is 15.0 Å². The van der Waals surface area contributed by atoms with Crippen molar-refractivity contribution in [3.8, 4) is 0 Å². The van der Waals surface area contributed by atoms with Crippen molar-refractivity contribution in [3.05, 3.63) is 12.7 Å². The summed E-state index contributed by atoms with van der Waals surface area (Å²) in [4.78, 5) is 22.8. The Balaban J connectivity index is 1.68. The minimum Gasteiger partial charge on any atom is -0.548 e. The Labute approximate surface area is 157 Å². The zero-order chi connectivity index (χ0) is 19.7. The van der Waals surface area contributed by atoms with Crippen molar-refractivity contribution < 1.29 is 24.9 Å². The second kappa shape index (κ2) is 7.94. The molecule has 3 rings (SSSR count). The van der Waals surface area contributed by atoms with Gasteiger partial charge in [0, 0.05) is 12.5 Å². The fourth-order valence-electron chi connectivity index (χ4n) is 2.96. The Morgan fingerprint density at radius 3 is 2.85 bits per heavy atom. The fourth-order valence-corrected chi connectivity index (χ4v) is 4.62. The van der Waals surface area contributed by atoms with Crippen LogP contribution in [0.4, 0.5) is 5.82 Å². The molecule has 0 bridgehead atoms. The van der Waals surface area contributed by atoms with Crippen molar-refractivity contribution >= 4 is 33.8 Å². The van der Waals surface area contributed by atoms with E-state index in [1.54, 1.807) is 0 Å². The number of aliphatic carboxylic acids is 1. The second-order valence-corrected chi connectivity index (χ2v) is 8.80. The van der Waals surface area contributed by atoms with Crippen LogP contribution in [0.2, 0.25) is 0 Å². The van der Waals surface area contributed by atoms with Gasteiger partial charge in [0.2, 0.25) is 0 Å². The van der Waals surface area contributed by atoms with Gasteiger partial charge in [0.25, 0.3) is 0 Å². The molecule has 0 spiro atoms. The summed E-state index contributed by atoms with van der Waals surface area (Å²) in [5, 5.41) is 31.5.